The van der Waals surface area contributed by atoms with Crippen LogP contribution in [-0.2, 0) is 6.54 Å². The lowest BCUT2D eigenvalue weighted by molar-refractivity contribution is 0.0534. The Hall–Kier alpha value is -1.17. The fourth-order valence-corrected chi connectivity index (χ4v) is 2.61. The minimum atomic E-state index is 0.0953. The van der Waals surface area contributed by atoms with E-state index in [1.54, 1.807) is 13.3 Å². The average Bonchev–Trinajstić information content (AvgIpc) is 2.48. The first-order valence-corrected chi connectivity index (χ1v) is 7.22. The van der Waals surface area contributed by atoms with Gasteiger partial charge >= 0.3 is 0 Å². The molecule has 0 bridgehead atoms. The van der Waals surface area contributed by atoms with Gasteiger partial charge in [-0.15, -0.1) is 0 Å². The second-order valence-corrected chi connectivity index (χ2v) is 5.95. The molecule has 1 aliphatic rings. The van der Waals surface area contributed by atoms with E-state index in [0.717, 1.165) is 44.2 Å². The van der Waals surface area contributed by atoms with Crippen LogP contribution in [0.15, 0.2) is 18.3 Å². The first kappa shape index (κ1) is 15.2. The van der Waals surface area contributed by atoms with Gasteiger partial charge in [-0.3, -0.25) is 9.80 Å². The standard InChI is InChI=1S/C15H26N4O/c1-15(2,12-16)19-9-7-18(8-10-19)11-13-5-4-6-17-14(13)20-3/h4-6H,7-12,16H2,1-3H3. The van der Waals surface area contributed by atoms with E-state index in [9.17, 15) is 0 Å². The molecule has 1 aromatic heterocycles. The summed E-state index contributed by atoms with van der Waals surface area (Å²) >= 11 is 0. The third kappa shape index (κ3) is 3.48. The molecule has 1 aliphatic heterocycles. The zero-order valence-electron chi connectivity index (χ0n) is 12.8. The molecule has 20 heavy (non-hydrogen) atoms. The van der Waals surface area contributed by atoms with E-state index in [-0.39, 0.29) is 5.54 Å². The van der Waals surface area contributed by atoms with Crippen LogP contribution in [0, 0.1) is 0 Å². The highest BCUT2D eigenvalue weighted by Crippen LogP contribution is 2.19. The monoisotopic (exact) mass is 278 g/mol. The SMILES string of the molecule is COc1ncccc1CN1CCN(C(C)(C)CN)CC1. The fourth-order valence-electron chi connectivity index (χ4n) is 2.61. The Bertz CT molecular complexity index is 428. The van der Waals surface area contributed by atoms with Gasteiger partial charge < -0.3 is 10.5 Å². The van der Waals surface area contributed by atoms with Gasteiger partial charge in [0.1, 0.15) is 0 Å². The van der Waals surface area contributed by atoms with E-state index in [0.29, 0.717) is 6.54 Å². The highest BCUT2D eigenvalue weighted by molar-refractivity contribution is 5.25. The normalized spacial score (nSPS) is 18.2. The second kappa shape index (κ2) is 6.52. The Labute approximate surface area is 121 Å². The first-order valence-electron chi connectivity index (χ1n) is 7.22. The van der Waals surface area contributed by atoms with Crippen molar-refractivity contribution in [3.8, 4) is 5.88 Å². The van der Waals surface area contributed by atoms with Gasteiger partial charge in [0.2, 0.25) is 5.88 Å². The zero-order valence-corrected chi connectivity index (χ0v) is 12.8. The van der Waals surface area contributed by atoms with E-state index in [1.807, 2.05) is 6.07 Å². The van der Waals surface area contributed by atoms with Crippen molar-refractivity contribution in [3.63, 3.8) is 0 Å². The minimum absolute atomic E-state index is 0.0953. The summed E-state index contributed by atoms with van der Waals surface area (Å²) in [5.74, 6) is 0.734. The van der Waals surface area contributed by atoms with Gasteiger partial charge in [0, 0.05) is 56.6 Å². The summed E-state index contributed by atoms with van der Waals surface area (Å²) < 4.78 is 5.31. The number of piperazine rings is 1. The number of ether oxygens (including phenoxy) is 1. The predicted octanol–water partition coefficient (Wildman–Crippen LogP) is 0.945. The molecule has 0 unspecified atom stereocenters. The number of pyridine rings is 1. The van der Waals surface area contributed by atoms with Crippen molar-refractivity contribution in [2.24, 2.45) is 5.73 Å². The van der Waals surface area contributed by atoms with E-state index in [1.165, 1.54) is 0 Å². The number of methoxy groups -OCH3 is 1. The number of aromatic nitrogens is 1. The summed E-state index contributed by atoms with van der Waals surface area (Å²) in [5.41, 5.74) is 7.10. The van der Waals surface area contributed by atoms with Crippen LogP contribution in [0.2, 0.25) is 0 Å². The minimum Gasteiger partial charge on any atom is -0.481 e. The molecule has 0 spiro atoms. The Morgan fingerprint density at radius 3 is 2.60 bits per heavy atom. The van der Waals surface area contributed by atoms with Gasteiger partial charge in [0.05, 0.1) is 7.11 Å². The van der Waals surface area contributed by atoms with E-state index in [4.69, 9.17) is 10.5 Å². The van der Waals surface area contributed by atoms with Crippen LogP contribution in [0.1, 0.15) is 19.4 Å². The van der Waals surface area contributed by atoms with Gasteiger partial charge in [0.25, 0.3) is 0 Å². The zero-order chi connectivity index (χ0) is 14.6. The molecule has 2 heterocycles. The molecule has 0 saturated carbocycles. The van der Waals surface area contributed by atoms with Gasteiger partial charge in [-0.05, 0) is 19.9 Å². The maximum atomic E-state index is 5.85. The van der Waals surface area contributed by atoms with Crippen LogP contribution >= 0.6 is 0 Å². The molecule has 5 heteroatoms. The molecular formula is C15H26N4O. The highest BCUT2D eigenvalue weighted by Gasteiger charge is 2.28. The molecule has 2 N–H and O–H groups in total. The summed E-state index contributed by atoms with van der Waals surface area (Å²) in [7, 11) is 1.67. The molecule has 5 nitrogen and oxygen atoms in total. The third-order valence-corrected chi connectivity index (χ3v) is 4.17. The molecule has 0 atom stereocenters. The van der Waals surface area contributed by atoms with Crippen molar-refractivity contribution in [1.82, 2.24) is 14.8 Å². The lowest BCUT2D eigenvalue weighted by Gasteiger charge is -2.43. The average molecular weight is 278 g/mol. The molecule has 112 valence electrons. The molecule has 2 rings (SSSR count). The van der Waals surface area contributed by atoms with E-state index in [2.05, 4.69) is 34.7 Å². The predicted molar refractivity (Wildman–Crippen MR) is 80.8 cm³/mol. The van der Waals surface area contributed by atoms with Crippen LogP contribution in [0.4, 0.5) is 0 Å². The van der Waals surface area contributed by atoms with E-state index < -0.39 is 0 Å². The van der Waals surface area contributed by atoms with Crippen molar-refractivity contribution in [2.45, 2.75) is 25.9 Å². The smallest absolute Gasteiger partial charge is 0.217 e. The number of hydrogen-bond acceptors (Lipinski definition) is 5. The summed E-state index contributed by atoms with van der Waals surface area (Å²) in [4.78, 5) is 9.18. The summed E-state index contributed by atoms with van der Waals surface area (Å²) in [6.45, 7) is 10.3. The Kier molecular flexibility index (Phi) is 4.96. The lowest BCUT2D eigenvalue weighted by atomic mass is 10.0. The molecule has 1 aromatic rings. The maximum absolute atomic E-state index is 5.85. The molecule has 0 aromatic carbocycles. The highest BCUT2D eigenvalue weighted by atomic mass is 16.5. The number of rotatable bonds is 5. The molecular weight excluding hydrogens is 252 g/mol. The van der Waals surface area contributed by atoms with Crippen LogP contribution in [0.5, 0.6) is 5.88 Å². The fraction of sp³-hybridized carbons (Fsp3) is 0.667. The van der Waals surface area contributed by atoms with Crippen molar-refractivity contribution in [2.75, 3.05) is 39.8 Å². The molecule has 0 radical (unpaired) electrons. The first-order chi connectivity index (χ1) is 9.56. The number of nitrogens with zero attached hydrogens (tertiary/aromatic N) is 3. The van der Waals surface area contributed by atoms with Crippen molar-refractivity contribution >= 4 is 0 Å². The summed E-state index contributed by atoms with van der Waals surface area (Å²) in [6, 6.07) is 4.05. The summed E-state index contributed by atoms with van der Waals surface area (Å²) in [5, 5.41) is 0. The summed E-state index contributed by atoms with van der Waals surface area (Å²) in [6.07, 6.45) is 1.77. The van der Waals surface area contributed by atoms with Crippen LogP contribution < -0.4 is 10.5 Å². The molecule has 1 fully saturated rings. The number of nitrogens with two attached hydrogens (primary N) is 1. The lowest BCUT2D eigenvalue weighted by Crippen LogP contribution is -2.57. The van der Waals surface area contributed by atoms with Crippen molar-refractivity contribution < 1.29 is 4.74 Å². The molecule has 1 saturated heterocycles. The Balaban J connectivity index is 1.92. The third-order valence-electron chi connectivity index (χ3n) is 4.17. The molecule has 0 amide bonds. The largest absolute Gasteiger partial charge is 0.481 e. The van der Waals surface area contributed by atoms with Crippen LogP contribution in [-0.4, -0.2) is 60.2 Å². The number of hydrogen-bond donors (Lipinski definition) is 1. The van der Waals surface area contributed by atoms with Crippen LogP contribution in [0.3, 0.4) is 0 Å². The van der Waals surface area contributed by atoms with Crippen molar-refractivity contribution in [3.05, 3.63) is 23.9 Å². The van der Waals surface area contributed by atoms with Crippen LogP contribution in [0.25, 0.3) is 0 Å². The molecule has 0 aliphatic carbocycles. The Morgan fingerprint density at radius 1 is 1.30 bits per heavy atom. The van der Waals surface area contributed by atoms with Gasteiger partial charge in [-0.2, -0.15) is 0 Å². The van der Waals surface area contributed by atoms with Crippen molar-refractivity contribution in [1.29, 1.82) is 0 Å². The second-order valence-electron chi connectivity index (χ2n) is 5.95. The quantitative estimate of drug-likeness (QED) is 0.869. The topological polar surface area (TPSA) is 54.6 Å². The van der Waals surface area contributed by atoms with Gasteiger partial charge in [-0.1, -0.05) is 6.07 Å². The van der Waals surface area contributed by atoms with E-state index >= 15 is 0 Å². The maximum Gasteiger partial charge on any atom is 0.217 e. The Morgan fingerprint density at radius 2 is 2.00 bits per heavy atom. The van der Waals surface area contributed by atoms with Gasteiger partial charge in [0.15, 0.2) is 0 Å². The van der Waals surface area contributed by atoms with Gasteiger partial charge in [-0.25, -0.2) is 4.98 Å².